The summed E-state index contributed by atoms with van der Waals surface area (Å²) in [5.74, 6) is 0. The molecule has 6 heteroatoms. The molecule has 0 spiro atoms. The van der Waals surface area contributed by atoms with Crippen LogP contribution in [0, 0.1) is 6.92 Å². The minimum absolute atomic E-state index is 0.0431. The molecule has 1 fully saturated rings. The fourth-order valence-corrected chi connectivity index (χ4v) is 3.98. The number of benzene rings is 1. The number of piperidine rings is 1. The molecular formula is C13H19NO4S. The van der Waals surface area contributed by atoms with E-state index in [0.29, 0.717) is 12.8 Å². The van der Waals surface area contributed by atoms with Gasteiger partial charge in [-0.1, -0.05) is 17.7 Å². The standard InChI is InChI=1S/C13H19NO4S/c1-10-2-6-13(7-3-10)19(17,18)14-8-12(16)5-4-11(14)9-15/h2-3,6-7,11-12,15-16H,4-5,8-9H2,1H3. The molecule has 1 aromatic rings. The average molecular weight is 285 g/mol. The van der Waals surface area contributed by atoms with Gasteiger partial charge in [0.25, 0.3) is 0 Å². The Balaban J connectivity index is 2.33. The number of aliphatic hydroxyl groups excluding tert-OH is 2. The third-order valence-corrected chi connectivity index (χ3v) is 5.40. The molecule has 2 unspecified atom stereocenters. The molecule has 1 aliphatic heterocycles. The van der Waals surface area contributed by atoms with E-state index in [9.17, 15) is 18.6 Å². The Morgan fingerprint density at radius 3 is 2.47 bits per heavy atom. The van der Waals surface area contributed by atoms with E-state index in [0.717, 1.165) is 5.56 Å². The monoisotopic (exact) mass is 285 g/mol. The van der Waals surface area contributed by atoms with Gasteiger partial charge in [-0.05, 0) is 31.9 Å². The van der Waals surface area contributed by atoms with Gasteiger partial charge >= 0.3 is 0 Å². The highest BCUT2D eigenvalue weighted by atomic mass is 32.2. The Kier molecular flexibility index (Phi) is 4.25. The van der Waals surface area contributed by atoms with Crippen molar-refractivity contribution in [1.82, 2.24) is 4.31 Å². The van der Waals surface area contributed by atoms with E-state index in [1.165, 1.54) is 4.31 Å². The first kappa shape index (κ1) is 14.5. The first-order valence-corrected chi connectivity index (χ1v) is 7.76. The van der Waals surface area contributed by atoms with Crippen LogP contribution >= 0.6 is 0 Å². The second kappa shape index (κ2) is 5.58. The molecule has 0 aromatic heterocycles. The lowest BCUT2D eigenvalue weighted by atomic mass is 10.0. The van der Waals surface area contributed by atoms with Crippen molar-refractivity contribution < 1.29 is 18.6 Å². The molecule has 0 saturated carbocycles. The normalized spacial score (nSPS) is 25.4. The maximum Gasteiger partial charge on any atom is 0.243 e. The molecule has 2 atom stereocenters. The lowest BCUT2D eigenvalue weighted by molar-refractivity contribution is 0.0591. The fraction of sp³-hybridized carbons (Fsp3) is 0.538. The summed E-state index contributed by atoms with van der Waals surface area (Å²) in [7, 11) is -3.66. The molecule has 1 saturated heterocycles. The van der Waals surface area contributed by atoms with E-state index in [-0.39, 0.29) is 18.0 Å². The van der Waals surface area contributed by atoms with Gasteiger partial charge in [-0.3, -0.25) is 0 Å². The van der Waals surface area contributed by atoms with Crippen molar-refractivity contribution in [2.75, 3.05) is 13.2 Å². The van der Waals surface area contributed by atoms with Gasteiger partial charge in [-0.2, -0.15) is 4.31 Å². The highest BCUT2D eigenvalue weighted by Crippen LogP contribution is 2.25. The molecule has 2 N–H and O–H groups in total. The maximum atomic E-state index is 12.5. The predicted octanol–water partition coefficient (Wildman–Crippen LogP) is 0.501. The van der Waals surface area contributed by atoms with E-state index < -0.39 is 22.2 Å². The summed E-state index contributed by atoms with van der Waals surface area (Å²) in [6.07, 6.45) is 0.330. The highest BCUT2D eigenvalue weighted by Gasteiger charge is 2.36. The average Bonchev–Trinajstić information content (AvgIpc) is 2.39. The van der Waals surface area contributed by atoms with Crippen molar-refractivity contribution >= 4 is 10.0 Å². The third-order valence-electron chi connectivity index (χ3n) is 3.47. The van der Waals surface area contributed by atoms with Crippen LogP contribution in [-0.4, -0.2) is 48.2 Å². The van der Waals surface area contributed by atoms with Crippen LogP contribution in [0.2, 0.25) is 0 Å². The number of rotatable bonds is 3. The van der Waals surface area contributed by atoms with Gasteiger partial charge in [-0.25, -0.2) is 8.42 Å². The van der Waals surface area contributed by atoms with Gasteiger partial charge in [0.15, 0.2) is 0 Å². The van der Waals surface area contributed by atoms with Gasteiger partial charge < -0.3 is 10.2 Å². The van der Waals surface area contributed by atoms with Crippen molar-refractivity contribution in [3.05, 3.63) is 29.8 Å². The number of hydrogen-bond donors (Lipinski definition) is 2. The second-order valence-corrected chi connectivity index (χ2v) is 6.85. The first-order chi connectivity index (χ1) is 8.95. The number of aryl methyl sites for hydroxylation is 1. The second-order valence-electron chi connectivity index (χ2n) is 4.96. The minimum Gasteiger partial charge on any atom is -0.395 e. The van der Waals surface area contributed by atoms with Crippen molar-refractivity contribution in [1.29, 1.82) is 0 Å². The molecule has 19 heavy (non-hydrogen) atoms. The van der Waals surface area contributed by atoms with Crippen molar-refractivity contribution in [3.63, 3.8) is 0 Å². The zero-order valence-electron chi connectivity index (χ0n) is 10.9. The van der Waals surface area contributed by atoms with Crippen LogP contribution < -0.4 is 0 Å². The van der Waals surface area contributed by atoms with Gasteiger partial charge in [0.05, 0.1) is 17.6 Å². The molecule has 1 heterocycles. The van der Waals surface area contributed by atoms with E-state index in [4.69, 9.17) is 0 Å². The Morgan fingerprint density at radius 1 is 1.26 bits per heavy atom. The lowest BCUT2D eigenvalue weighted by Gasteiger charge is -2.35. The van der Waals surface area contributed by atoms with Crippen molar-refractivity contribution in [2.45, 2.75) is 36.8 Å². The summed E-state index contributed by atoms with van der Waals surface area (Å²) in [5, 5.41) is 19.0. The molecule has 0 amide bonds. The smallest absolute Gasteiger partial charge is 0.243 e. The number of nitrogens with zero attached hydrogens (tertiary/aromatic N) is 1. The van der Waals surface area contributed by atoms with Crippen LogP contribution in [0.25, 0.3) is 0 Å². The molecule has 5 nitrogen and oxygen atoms in total. The zero-order valence-corrected chi connectivity index (χ0v) is 11.7. The Morgan fingerprint density at radius 2 is 1.89 bits per heavy atom. The molecule has 0 aliphatic carbocycles. The van der Waals surface area contributed by atoms with E-state index in [2.05, 4.69) is 0 Å². The molecule has 1 aliphatic rings. The van der Waals surface area contributed by atoms with Crippen LogP contribution in [0.4, 0.5) is 0 Å². The topological polar surface area (TPSA) is 77.8 Å². The van der Waals surface area contributed by atoms with E-state index in [1.807, 2.05) is 6.92 Å². The minimum atomic E-state index is -3.66. The molecule has 106 valence electrons. The van der Waals surface area contributed by atoms with Gasteiger partial charge in [0, 0.05) is 12.6 Å². The SMILES string of the molecule is Cc1ccc(S(=O)(=O)N2CC(O)CCC2CO)cc1. The van der Waals surface area contributed by atoms with Crippen LogP contribution in [-0.2, 0) is 10.0 Å². The van der Waals surface area contributed by atoms with Gasteiger partial charge in [0.2, 0.25) is 10.0 Å². The number of sulfonamides is 1. The van der Waals surface area contributed by atoms with Crippen molar-refractivity contribution in [3.8, 4) is 0 Å². The van der Waals surface area contributed by atoms with E-state index >= 15 is 0 Å². The Hall–Kier alpha value is -0.950. The largest absolute Gasteiger partial charge is 0.395 e. The summed E-state index contributed by atoms with van der Waals surface area (Å²) >= 11 is 0. The van der Waals surface area contributed by atoms with Crippen LogP contribution in [0.5, 0.6) is 0 Å². The Labute approximate surface area is 113 Å². The van der Waals surface area contributed by atoms with Crippen LogP contribution in [0.15, 0.2) is 29.2 Å². The number of β-amino-alcohol motifs (C(OH)–C–C–N with tert-alkyl or cyclic N) is 1. The number of hydrogen-bond acceptors (Lipinski definition) is 4. The van der Waals surface area contributed by atoms with Gasteiger partial charge in [0.1, 0.15) is 0 Å². The quantitative estimate of drug-likeness (QED) is 0.848. The first-order valence-electron chi connectivity index (χ1n) is 6.32. The highest BCUT2D eigenvalue weighted by molar-refractivity contribution is 7.89. The summed E-state index contributed by atoms with van der Waals surface area (Å²) in [6, 6.07) is 6.14. The summed E-state index contributed by atoms with van der Waals surface area (Å²) < 4.78 is 26.2. The van der Waals surface area contributed by atoms with E-state index in [1.54, 1.807) is 24.3 Å². The van der Waals surface area contributed by atoms with Crippen molar-refractivity contribution in [2.24, 2.45) is 0 Å². The molecule has 0 radical (unpaired) electrons. The molecule has 0 bridgehead atoms. The lowest BCUT2D eigenvalue weighted by Crippen LogP contribution is -2.50. The molecular weight excluding hydrogens is 266 g/mol. The predicted molar refractivity (Wildman–Crippen MR) is 71.2 cm³/mol. The number of aliphatic hydroxyl groups is 2. The Bertz CT molecular complexity index is 526. The zero-order chi connectivity index (χ0) is 14.0. The molecule has 1 aromatic carbocycles. The van der Waals surface area contributed by atoms with Crippen LogP contribution in [0.1, 0.15) is 18.4 Å². The summed E-state index contributed by atoms with van der Waals surface area (Å²) in [5.41, 5.74) is 0.983. The van der Waals surface area contributed by atoms with Crippen LogP contribution in [0.3, 0.4) is 0 Å². The maximum absolute atomic E-state index is 12.5. The van der Waals surface area contributed by atoms with Gasteiger partial charge in [-0.15, -0.1) is 0 Å². The fourth-order valence-electron chi connectivity index (χ4n) is 2.30. The summed E-state index contributed by atoms with van der Waals surface area (Å²) in [6.45, 7) is 1.71. The third kappa shape index (κ3) is 2.97. The summed E-state index contributed by atoms with van der Waals surface area (Å²) in [4.78, 5) is 0.200. The molecule has 2 rings (SSSR count).